The number of nitrogens with zero attached hydrogens (tertiary/aromatic N) is 3. The second kappa shape index (κ2) is 7.93. The lowest BCUT2D eigenvalue weighted by atomic mass is 9.85. The lowest BCUT2D eigenvalue weighted by Crippen LogP contribution is -2.39. The molecule has 1 unspecified atom stereocenters. The van der Waals surface area contributed by atoms with E-state index in [9.17, 15) is 5.11 Å². The van der Waals surface area contributed by atoms with Crippen molar-refractivity contribution in [3.8, 4) is 0 Å². The highest BCUT2D eigenvalue weighted by Gasteiger charge is 2.25. The zero-order valence-corrected chi connectivity index (χ0v) is 13.5. The summed E-state index contributed by atoms with van der Waals surface area (Å²) in [5, 5.41) is 10.5. The van der Waals surface area contributed by atoms with Crippen LogP contribution in [0.4, 0.5) is 5.82 Å². The maximum absolute atomic E-state index is 10.5. The zero-order valence-electron chi connectivity index (χ0n) is 13.5. The molecule has 4 heteroatoms. The Kier molecular flexibility index (Phi) is 5.68. The van der Waals surface area contributed by atoms with Crippen LogP contribution in [0.25, 0.3) is 0 Å². The summed E-state index contributed by atoms with van der Waals surface area (Å²) in [6, 6.07) is 6.11. The molecule has 1 atom stereocenters. The fourth-order valence-electron chi connectivity index (χ4n) is 3.86. The number of anilines is 1. The molecular weight excluding hydrogens is 274 g/mol. The first kappa shape index (κ1) is 15.8. The lowest BCUT2D eigenvalue weighted by molar-refractivity contribution is 0.0496. The number of hydrogen-bond donors (Lipinski definition) is 1. The van der Waals surface area contributed by atoms with Crippen LogP contribution in [-0.2, 0) is 0 Å². The molecule has 2 aliphatic rings. The van der Waals surface area contributed by atoms with Gasteiger partial charge in [-0.3, -0.25) is 4.90 Å². The molecule has 2 fully saturated rings. The minimum atomic E-state index is -0.137. The van der Waals surface area contributed by atoms with Gasteiger partial charge in [-0.1, -0.05) is 25.3 Å². The van der Waals surface area contributed by atoms with Crippen LogP contribution in [0.2, 0.25) is 0 Å². The zero-order chi connectivity index (χ0) is 15.2. The molecule has 2 heterocycles. The van der Waals surface area contributed by atoms with Crippen LogP contribution in [-0.4, -0.2) is 53.8 Å². The Morgan fingerprint density at radius 2 is 1.91 bits per heavy atom. The van der Waals surface area contributed by atoms with Crippen LogP contribution >= 0.6 is 0 Å². The van der Waals surface area contributed by atoms with Gasteiger partial charge in [0, 0.05) is 32.4 Å². The maximum atomic E-state index is 10.5. The molecule has 1 saturated heterocycles. The average Bonchev–Trinajstić information content (AvgIpc) is 2.82. The second-order valence-corrected chi connectivity index (χ2v) is 6.79. The normalized spacial score (nSPS) is 23.2. The van der Waals surface area contributed by atoms with Crippen LogP contribution in [0.15, 0.2) is 24.4 Å². The average molecular weight is 303 g/mol. The summed E-state index contributed by atoms with van der Waals surface area (Å²) in [6.07, 6.45) is 9.26. The summed E-state index contributed by atoms with van der Waals surface area (Å²) in [7, 11) is 0. The van der Waals surface area contributed by atoms with Crippen molar-refractivity contribution >= 4 is 5.82 Å². The molecule has 0 amide bonds. The molecule has 0 aromatic carbocycles. The Bertz CT molecular complexity index is 433. The molecule has 22 heavy (non-hydrogen) atoms. The van der Waals surface area contributed by atoms with Crippen molar-refractivity contribution in [3.63, 3.8) is 0 Å². The van der Waals surface area contributed by atoms with Gasteiger partial charge < -0.3 is 10.0 Å². The van der Waals surface area contributed by atoms with Gasteiger partial charge in [0.15, 0.2) is 0 Å². The van der Waals surface area contributed by atoms with Crippen molar-refractivity contribution in [3.05, 3.63) is 24.4 Å². The van der Waals surface area contributed by atoms with Crippen LogP contribution in [0.3, 0.4) is 0 Å². The van der Waals surface area contributed by atoms with Crippen LogP contribution in [0.5, 0.6) is 0 Å². The molecule has 4 nitrogen and oxygen atoms in total. The monoisotopic (exact) mass is 303 g/mol. The van der Waals surface area contributed by atoms with Gasteiger partial charge >= 0.3 is 0 Å². The Morgan fingerprint density at radius 1 is 1.05 bits per heavy atom. The summed E-state index contributed by atoms with van der Waals surface area (Å²) in [5.74, 6) is 1.61. The third-order valence-electron chi connectivity index (χ3n) is 5.20. The number of aromatic nitrogens is 1. The highest BCUT2D eigenvalue weighted by molar-refractivity contribution is 5.37. The van der Waals surface area contributed by atoms with E-state index in [4.69, 9.17) is 0 Å². The van der Waals surface area contributed by atoms with E-state index >= 15 is 0 Å². The lowest BCUT2D eigenvalue weighted by Gasteiger charge is -2.31. The summed E-state index contributed by atoms with van der Waals surface area (Å²) in [6.45, 7) is 5.04. The number of aliphatic hydroxyl groups is 1. The first-order valence-electron chi connectivity index (χ1n) is 8.89. The van der Waals surface area contributed by atoms with Gasteiger partial charge in [-0.15, -0.1) is 0 Å². The van der Waals surface area contributed by atoms with E-state index in [1.54, 1.807) is 0 Å². The highest BCUT2D eigenvalue weighted by Crippen LogP contribution is 2.27. The van der Waals surface area contributed by atoms with Crippen molar-refractivity contribution in [2.45, 2.75) is 44.6 Å². The summed E-state index contributed by atoms with van der Waals surface area (Å²) in [4.78, 5) is 9.28. The predicted molar refractivity (Wildman–Crippen MR) is 90.1 cm³/mol. The molecular formula is C18H29N3O. The van der Waals surface area contributed by atoms with E-state index in [0.29, 0.717) is 5.92 Å². The third-order valence-corrected chi connectivity index (χ3v) is 5.20. The van der Waals surface area contributed by atoms with Crippen molar-refractivity contribution in [2.24, 2.45) is 5.92 Å². The van der Waals surface area contributed by atoms with E-state index in [-0.39, 0.29) is 6.10 Å². The van der Waals surface area contributed by atoms with Gasteiger partial charge in [-0.05, 0) is 43.9 Å². The Balaban J connectivity index is 1.49. The van der Waals surface area contributed by atoms with Gasteiger partial charge in [-0.2, -0.15) is 0 Å². The van der Waals surface area contributed by atoms with E-state index in [1.165, 1.54) is 32.1 Å². The number of pyridine rings is 1. The third kappa shape index (κ3) is 4.20. The number of rotatable bonds is 4. The van der Waals surface area contributed by atoms with Crippen LogP contribution < -0.4 is 4.90 Å². The van der Waals surface area contributed by atoms with Crippen LogP contribution in [0.1, 0.15) is 38.5 Å². The van der Waals surface area contributed by atoms with Crippen molar-refractivity contribution < 1.29 is 5.11 Å². The minimum Gasteiger partial charge on any atom is -0.392 e. The van der Waals surface area contributed by atoms with E-state index in [1.807, 2.05) is 12.3 Å². The Hall–Kier alpha value is -1.13. The first-order chi connectivity index (χ1) is 10.8. The topological polar surface area (TPSA) is 39.6 Å². The molecule has 0 bridgehead atoms. The second-order valence-electron chi connectivity index (χ2n) is 6.79. The number of hydrogen-bond acceptors (Lipinski definition) is 4. The highest BCUT2D eigenvalue weighted by atomic mass is 16.3. The van der Waals surface area contributed by atoms with Gasteiger partial charge in [0.05, 0.1) is 6.10 Å². The maximum Gasteiger partial charge on any atom is 0.128 e. The molecule has 1 aliphatic heterocycles. The largest absolute Gasteiger partial charge is 0.392 e. The predicted octanol–water partition coefficient (Wildman–Crippen LogP) is 2.53. The standard InChI is InChI=1S/C18H29N3O/c22-17(16-7-2-1-3-8-16)15-20-11-6-12-21(14-13-20)18-9-4-5-10-19-18/h4-5,9-10,16-17,22H,1-3,6-8,11-15H2. The quantitative estimate of drug-likeness (QED) is 0.928. The minimum absolute atomic E-state index is 0.137. The Morgan fingerprint density at radius 3 is 2.68 bits per heavy atom. The summed E-state index contributed by atoms with van der Waals surface area (Å²) in [5.41, 5.74) is 0. The van der Waals surface area contributed by atoms with Crippen LogP contribution in [0, 0.1) is 5.92 Å². The fourth-order valence-corrected chi connectivity index (χ4v) is 3.86. The van der Waals surface area contributed by atoms with E-state index in [2.05, 4.69) is 26.9 Å². The fraction of sp³-hybridized carbons (Fsp3) is 0.722. The number of β-amino-alcohol motifs (C(OH)–C–C–N with tert-alkyl or cyclic N) is 1. The van der Waals surface area contributed by atoms with Crippen molar-refractivity contribution in [2.75, 3.05) is 37.6 Å². The smallest absolute Gasteiger partial charge is 0.128 e. The molecule has 0 radical (unpaired) electrons. The molecule has 1 aromatic heterocycles. The van der Waals surface area contributed by atoms with Gasteiger partial charge in [-0.25, -0.2) is 4.98 Å². The molecule has 1 aromatic rings. The van der Waals surface area contributed by atoms with Gasteiger partial charge in [0.2, 0.25) is 0 Å². The van der Waals surface area contributed by atoms with E-state index < -0.39 is 0 Å². The summed E-state index contributed by atoms with van der Waals surface area (Å²) >= 11 is 0. The SMILES string of the molecule is OC(CN1CCCN(c2ccccn2)CC1)C1CCCCC1. The van der Waals surface area contributed by atoms with Crippen molar-refractivity contribution in [1.82, 2.24) is 9.88 Å². The Labute approximate surface area is 134 Å². The first-order valence-corrected chi connectivity index (χ1v) is 8.89. The summed E-state index contributed by atoms with van der Waals surface area (Å²) < 4.78 is 0. The van der Waals surface area contributed by atoms with Gasteiger partial charge in [0.1, 0.15) is 5.82 Å². The van der Waals surface area contributed by atoms with E-state index in [0.717, 1.165) is 45.0 Å². The molecule has 1 aliphatic carbocycles. The molecule has 0 spiro atoms. The molecule has 122 valence electrons. The molecule has 1 saturated carbocycles. The molecule has 3 rings (SSSR count). The van der Waals surface area contributed by atoms with Crippen molar-refractivity contribution in [1.29, 1.82) is 0 Å². The van der Waals surface area contributed by atoms with Gasteiger partial charge in [0.25, 0.3) is 0 Å². The number of aliphatic hydroxyl groups excluding tert-OH is 1. The molecule has 1 N–H and O–H groups in total.